The van der Waals surface area contributed by atoms with E-state index in [2.05, 4.69) is 4.90 Å². The summed E-state index contributed by atoms with van der Waals surface area (Å²) in [5, 5.41) is 5.09. The number of amides is 2. The Bertz CT molecular complexity index is 796. The molecule has 2 saturated heterocycles. The number of nitrogens with two attached hydrogens (primary N) is 1. The molecular formula is C19H28N4O4S. The molecule has 0 radical (unpaired) electrons. The van der Waals surface area contributed by atoms with E-state index in [1.54, 1.807) is 17.0 Å². The van der Waals surface area contributed by atoms with Crippen LogP contribution in [0, 0.1) is 0 Å². The molecule has 1 aromatic carbocycles. The first-order valence-corrected chi connectivity index (χ1v) is 11.3. The molecule has 2 N–H and O–H groups in total. The van der Waals surface area contributed by atoms with Crippen molar-refractivity contribution in [3.63, 3.8) is 0 Å². The number of nitrogens with zero attached hydrogens (tertiary/aromatic N) is 3. The van der Waals surface area contributed by atoms with Crippen LogP contribution >= 0.6 is 0 Å². The van der Waals surface area contributed by atoms with Gasteiger partial charge in [-0.15, -0.1) is 0 Å². The van der Waals surface area contributed by atoms with Gasteiger partial charge in [0.1, 0.15) is 0 Å². The number of carbonyl (C=O) groups excluding carboxylic acids is 2. The van der Waals surface area contributed by atoms with Crippen LogP contribution in [-0.2, 0) is 26.0 Å². The van der Waals surface area contributed by atoms with Gasteiger partial charge in [-0.3, -0.25) is 14.5 Å². The highest BCUT2D eigenvalue weighted by Gasteiger charge is 2.24. The highest BCUT2D eigenvalue weighted by atomic mass is 32.2. The normalized spacial score (nSPS) is 18.9. The van der Waals surface area contributed by atoms with Gasteiger partial charge in [0.2, 0.25) is 21.8 Å². The Hall–Kier alpha value is -1.97. The number of hydrogen-bond donors (Lipinski definition) is 1. The zero-order valence-corrected chi connectivity index (χ0v) is 16.9. The van der Waals surface area contributed by atoms with E-state index in [0.29, 0.717) is 32.7 Å². The third-order valence-electron chi connectivity index (χ3n) is 5.40. The third-order valence-corrected chi connectivity index (χ3v) is 6.33. The number of piperidine rings is 1. The molecule has 2 aliphatic heterocycles. The molecule has 8 nitrogen and oxygen atoms in total. The van der Waals surface area contributed by atoms with Crippen molar-refractivity contribution in [2.45, 2.75) is 30.6 Å². The van der Waals surface area contributed by atoms with Crippen LogP contribution in [0.2, 0.25) is 0 Å². The van der Waals surface area contributed by atoms with Gasteiger partial charge in [0.25, 0.3) is 0 Å². The maximum atomic E-state index is 12.5. The first-order valence-electron chi connectivity index (χ1n) is 9.72. The summed E-state index contributed by atoms with van der Waals surface area (Å²) in [7, 11) is -3.72. The summed E-state index contributed by atoms with van der Waals surface area (Å²) in [6, 6.07) is 6.07. The Morgan fingerprint density at radius 1 is 0.821 bits per heavy atom. The van der Waals surface area contributed by atoms with E-state index >= 15 is 0 Å². The van der Waals surface area contributed by atoms with E-state index in [-0.39, 0.29) is 23.1 Å². The molecule has 2 heterocycles. The molecule has 0 bridgehead atoms. The number of rotatable bonds is 5. The lowest BCUT2D eigenvalue weighted by Crippen LogP contribution is -2.52. The highest BCUT2D eigenvalue weighted by molar-refractivity contribution is 7.89. The van der Waals surface area contributed by atoms with Crippen LogP contribution in [0.25, 0.3) is 0 Å². The maximum Gasteiger partial charge on any atom is 0.238 e. The van der Waals surface area contributed by atoms with Crippen LogP contribution in [0.15, 0.2) is 29.2 Å². The van der Waals surface area contributed by atoms with E-state index < -0.39 is 10.0 Å². The van der Waals surface area contributed by atoms with Crippen molar-refractivity contribution in [3.8, 4) is 0 Å². The topological polar surface area (TPSA) is 104 Å². The molecular weight excluding hydrogens is 380 g/mol. The Morgan fingerprint density at radius 2 is 1.39 bits per heavy atom. The summed E-state index contributed by atoms with van der Waals surface area (Å²) in [6.45, 7) is 4.73. The van der Waals surface area contributed by atoms with Gasteiger partial charge in [-0.05, 0) is 37.0 Å². The molecule has 154 valence electrons. The lowest BCUT2D eigenvalue weighted by Gasteiger charge is -2.36. The summed E-state index contributed by atoms with van der Waals surface area (Å²) < 4.78 is 22.6. The minimum absolute atomic E-state index is 0.00497. The average molecular weight is 409 g/mol. The van der Waals surface area contributed by atoms with Gasteiger partial charge in [0.15, 0.2) is 0 Å². The SMILES string of the molecule is NS(=O)(=O)c1ccc(CC(=O)N2CCN(CC(=O)N3CCCCC3)CC2)cc1. The fourth-order valence-electron chi connectivity index (χ4n) is 3.67. The van der Waals surface area contributed by atoms with E-state index in [1.165, 1.54) is 18.6 Å². The van der Waals surface area contributed by atoms with Crippen molar-refractivity contribution in [2.24, 2.45) is 5.14 Å². The lowest BCUT2D eigenvalue weighted by atomic mass is 10.1. The second-order valence-electron chi connectivity index (χ2n) is 7.46. The molecule has 2 aliphatic rings. The molecule has 1 aromatic rings. The minimum Gasteiger partial charge on any atom is -0.342 e. The Balaban J connectivity index is 1.45. The summed E-state index contributed by atoms with van der Waals surface area (Å²) in [5.74, 6) is 0.194. The Labute approximate surface area is 166 Å². The second kappa shape index (κ2) is 9.02. The van der Waals surface area contributed by atoms with Crippen molar-refractivity contribution in [1.82, 2.24) is 14.7 Å². The largest absolute Gasteiger partial charge is 0.342 e. The summed E-state index contributed by atoms with van der Waals surface area (Å²) in [4.78, 5) is 30.8. The first-order chi connectivity index (χ1) is 13.3. The number of benzene rings is 1. The number of sulfonamides is 1. The summed E-state index contributed by atoms with van der Waals surface area (Å²) >= 11 is 0. The molecule has 28 heavy (non-hydrogen) atoms. The van der Waals surface area contributed by atoms with Gasteiger partial charge in [-0.1, -0.05) is 12.1 Å². The molecule has 0 atom stereocenters. The van der Waals surface area contributed by atoms with E-state index in [4.69, 9.17) is 5.14 Å². The third kappa shape index (κ3) is 5.52. The van der Waals surface area contributed by atoms with Crippen LogP contribution in [0.3, 0.4) is 0 Å². The van der Waals surface area contributed by atoms with Gasteiger partial charge in [0.05, 0.1) is 17.9 Å². The molecule has 0 aromatic heterocycles. The van der Waals surface area contributed by atoms with Crippen molar-refractivity contribution in [1.29, 1.82) is 0 Å². The van der Waals surface area contributed by atoms with Gasteiger partial charge in [0, 0.05) is 39.3 Å². The van der Waals surface area contributed by atoms with Gasteiger partial charge in [-0.25, -0.2) is 13.6 Å². The number of primary sulfonamides is 1. The number of likely N-dealkylation sites (tertiary alicyclic amines) is 1. The monoisotopic (exact) mass is 408 g/mol. The van der Waals surface area contributed by atoms with Gasteiger partial charge in [-0.2, -0.15) is 0 Å². The summed E-state index contributed by atoms with van der Waals surface area (Å²) in [5.41, 5.74) is 0.750. The van der Waals surface area contributed by atoms with Crippen LogP contribution in [0.4, 0.5) is 0 Å². The molecule has 3 rings (SSSR count). The highest BCUT2D eigenvalue weighted by Crippen LogP contribution is 2.13. The van der Waals surface area contributed by atoms with Gasteiger partial charge < -0.3 is 9.80 Å². The van der Waals surface area contributed by atoms with E-state index in [1.807, 2.05) is 4.90 Å². The number of hydrogen-bond acceptors (Lipinski definition) is 5. The molecule has 2 fully saturated rings. The Morgan fingerprint density at radius 3 is 1.96 bits per heavy atom. The quantitative estimate of drug-likeness (QED) is 0.740. The zero-order valence-electron chi connectivity index (χ0n) is 16.0. The predicted molar refractivity (Wildman–Crippen MR) is 105 cm³/mol. The standard InChI is InChI=1S/C19H28N4O4S/c20-28(26,27)17-6-4-16(5-7-17)14-18(24)23-12-10-21(11-13-23)15-19(25)22-8-2-1-3-9-22/h4-7H,1-3,8-15H2,(H2,20,26,27). The minimum atomic E-state index is -3.72. The fourth-order valence-corrected chi connectivity index (χ4v) is 4.19. The lowest BCUT2D eigenvalue weighted by molar-refractivity contribution is -0.135. The van der Waals surface area contributed by atoms with Crippen molar-refractivity contribution in [3.05, 3.63) is 29.8 Å². The van der Waals surface area contributed by atoms with E-state index in [9.17, 15) is 18.0 Å². The van der Waals surface area contributed by atoms with Crippen molar-refractivity contribution >= 4 is 21.8 Å². The van der Waals surface area contributed by atoms with E-state index in [0.717, 1.165) is 31.5 Å². The van der Waals surface area contributed by atoms with Crippen LogP contribution < -0.4 is 5.14 Å². The van der Waals surface area contributed by atoms with Gasteiger partial charge >= 0.3 is 0 Å². The molecule has 0 aliphatic carbocycles. The van der Waals surface area contributed by atoms with Crippen molar-refractivity contribution < 1.29 is 18.0 Å². The Kier molecular flexibility index (Phi) is 6.69. The van der Waals surface area contributed by atoms with Crippen LogP contribution in [0.5, 0.6) is 0 Å². The maximum absolute atomic E-state index is 12.5. The predicted octanol–water partition coefficient (Wildman–Crippen LogP) is 0.0332. The number of carbonyl (C=O) groups is 2. The van der Waals surface area contributed by atoms with Crippen molar-refractivity contribution in [2.75, 3.05) is 45.8 Å². The second-order valence-corrected chi connectivity index (χ2v) is 9.03. The smallest absolute Gasteiger partial charge is 0.238 e. The molecule has 0 saturated carbocycles. The zero-order chi connectivity index (χ0) is 20.1. The average Bonchev–Trinajstić information content (AvgIpc) is 2.69. The molecule has 0 unspecified atom stereocenters. The van der Waals surface area contributed by atoms with Crippen LogP contribution in [0.1, 0.15) is 24.8 Å². The first kappa shape index (κ1) is 20.8. The molecule has 9 heteroatoms. The van der Waals surface area contributed by atoms with Crippen LogP contribution in [-0.4, -0.2) is 80.7 Å². The molecule has 0 spiro atoms. The summed E-state index contributed by atoms with van der Waals surface area (Å²) in [6.07, 6.45) is 3.60. The number of piperazine rings is 1. The fraction of sp³-hybridized carbons (Fsp3) is 0.579. The molecule has 2 amide bonds.